The molecular weight excluding hydrogens is 186 g/mol. The van der Waals surface area contributed by atoms with Crippen LogP contribution in [-0.2, 0) is 0 Å². The van der Waals surface area contributed by atoms with Crippen molar-refractivity contribution >= 4 is 0 Å². The van der Waals surface area contributed by atoms with Crippen molar-refractivity contribution in [2.75, 3.05) is 0 Å². The van der Waals surface area contributed by atoms with E-state index in [2.05, 4.69) is 5.32 Å². The standard InChI is InChI=1S/C12H25N3/c13-10-6-2-3-7-11(10)15-12(14)8-4-1-5-9-12/h10-11,15H,1-9,13-14H2/t10-,11-/m1/s1. The summed E-state index contributed by atoms with van der Waals surface area (Å²) in [6.07, 6.45) is 11.1. The number of hydrogen-bond acceptors (Lipinski definition) is 3. The van der Waals surface area contributed by atoms with Gasteiger partial charge in [-0.2, -0.15) is 0 Å². The molecule has 0 aromatic heterocycles. The molecule has 0 saturated heterocycles. The first-order valence-corrected chi connectivity index (χ1v) is 6.52. The number of hydrogen-bond donors (Lipinski definition) is 3. The van der Waals surface area contributed by atoms with E-state index >= 15 is 0 Å². The highest BCUT2D eigenvalue weighted by Crippen LogP contribution is 2.26. The molecule has 88 valence electrons. The Bertz CT molecular complexity index is 199. The molecule has 0 aliphatic heterocycles. The Morgan fingerprint density at radius 2 is 1.60 bits per heavy atom. The van der Waals surface area contributed by atoms with Gasteiger partial charge in [-0.3, -0.25) is 5.32 Å². The van der Waals surface area contributed by atoms with Gasteiger partial charge in [0.05, 0.1) is 5.66 Å². The Balaban J connectivity index is 1.88. The first-order chi connectivity index (χ1) is 7.20. The number of nitrogens with one attached hydrogen (secondary N) is 1. The second-order valence-electron chi connectivity index (χ2n) is 5.42. The van der Waals surface area contributed by atoms with Crippen molar-refractivity contribution in [2.45, 2.75) is 75.5 Å². The lowest BCUT2D eigenvalue weighted by atomic mass is 9.85. The van der Waals surface area contributed by atoms with Crippen LogP contribution in [0.3, 0.4) is 0 Å². The molecule has 3 heteroatoms. The normalized spacial score (nSPS) is 36.4. The average molecular weight is 211 g/mol. The van der Waals surface area contributed by atoms with Gasteiger partial charge in [-0.25, -0.2) is 0 Å². The van der Waals surface area contributed by atoms with E-state index in [9.17, 15) is 0 Å². The van der Waals surface area contributed by atoms with Crippen molar-refractivity contribution in [1.29, 1.82) is 0 Å². The summed E-state index contributed by atoms with van der Waals surface area (Å²) in [7, 11) is 0. The molecule has 2 atom stereocenters. The van der Waals surface area contributed by atoms with Gasteiger partial charge < -0.3 is 11.5 Å². The summed E-state index contributed by atoms with van der Waals surface area (Å²) in [6.45, 7) is 0. The van der Waals surface area contributed by atoms with Gasteiger partial charge in [0, 0.05) is 12.1 Å². The first kappa shape index (κ1) is 11.4. The predicted octanol–water partition coefficient (Wildman–Crippen LogP) is 1.46. The molecule has 3 nitrogen and oxygen atoms in total. The van der Waals surface area contributed by atoms with Crippen LogP contribution >= 0.6 is 0 Å². The van der Waals surface area contributed by atoms with Crippen LogP contribution in [0.25, 0.3) is 0 Å². The lowest BCUT2D eigenvalue weighted by Gasteiger charge is -2.41. The lowest BCUT2D eigenvalue weighted by Crippen LogP contribution is -2.62. The van der Waals surface area contributed by atoms with Crippen LogP contribution in [0.5, 0.6) is 0 Å². The van der Waals surface area contributed by atoms with Gasteiger partial charge in [0.2, 0.25) is 0 Å². The van der Waals surface area contributed by atoms with E-state index in [1.165, 1.54) is 38.5 Å². The summed E-state index contributed by atoms with van der Waals surface area (Å²) in [6, 6.07) is 0.781. The molecule has 0 heterocycles. The molecule has 2 aliphatic rings. The summed E-state index contributed by atoms with van der Waals surface area (Å²) in [5.74, 6) is 0. The Kier molecular flexibility index (Phi) is 3.65. The van der Waals surface area contributed by atoms with E-state index in [4.69, 9.17) is 11.5 Å². The second-order valence-corrected chi connectivity index (χ2v) is 5.42. The van der Waals surface area contributed by atoms with E-state index in [0.29, 0.717) is 12.1 Å². The van der Waals surface area contributed by atoms with Gasteiger partial charge in [0.25, 0.3) is 0 Å². The molecule has 2 fully saturated rings. The van der Waals surface area contributed by atoms with Crippen LogP contribution in [0, 0.1) is 0 Å². The average Bonchev–Trinajstić information content (AvgIpc) is 2.22. The minimum absolute atomic E-state index is 0.113. The molecule has 0 amide bonds. The van der Waals surface area contributed by atoms with Crippen LogP contribution in [0.4, 0.5) is 0 Å². The highest BCUT2D eigenvalue weighted by molar-refractivity contribution is 4.92. The maximum Gasteiger partial charge on any atom is 0.0664 e. The highest BCUT2D eigenvalue weighted by Gasteiger charge is 2.32. The molecule has 2 aliphatic carbocycles. The predicted molar refractivity (Wildman–Crippen MR) is 63.4 cm³/mol. The fraction of sp³-hybridized carbons (Fsp3) is 1.00. The van der Waals surface area contributed by atoms with Crippen LogP contribution < -0.4 is 16.8 Å². The van der Waals surface area contributed by atoms with Crippen molar-refractivity contribution < 1.29 is 0 Å². The van der Waals surface area contributed by atoms with Crippen molar-refractivity contribution in [3.63, 3.8) is 0 Å². The van der Waals surface area contributed by atoms with Crippen LogP contribution in [0.1, 0.15) is 57.8 Å². The highest BCUT2D eigenvalue weighted by atomic mass is 15.1. The van der Waals surface area contributed by atoms with E-state index < -0.39 is 0 Å². The molecule has 15 heavy (non-hydrogen) atoms. The molecule has 2 saturated carbocycles. The van der Waals surface area contributed by atoms with Crippen molar-refractivity contribution in [3.05, 3.63) is 0 Å². The third-order valence-electron chi connectivity index (χ3n) is 4.04. The molecule has 0 aromatic rings. The van der Waals surface area contributed by atoms with Gasteiger partial charge in [-0.1, -0.05) is 32.1 Å². The number of rotatable bonds is 2. The Morgan fingerprint density at radius 3 is 2.27 bits per heavy atom. The zero-order valence-electron chi connectivity index (χ0n) is 9.67. The zero-order chi connectivity index (χ0) is 10.7. The molecule has 2 rings (SSSR count). The van der Waals surface area contributed by atoms with Crippen LogP contribution in [0.2, 0.25) is 0 Å². The van der Waals surface area contributed by atoms with Gasteiger partial charge in [-0.05, 0) is 25.7 Å². The molecule has 0 radical (unpaired) electrons. The van der Waals surface area contributed by atoms with E-state index in [-0.39, 0.29) is 5.66 Å². The molecule has 0 aromatic carbocycles. The minimum Gasteiger partial charge on any atom is -0.326 e. The third kappa shape index (κ3) is 2.92. The van der Waals surface area contributed by atoms with E-state index in [1.54, 1.807) is 0 Å². The molecule has 5 N–H and O–H groups in total. The minimum atomic E-state index is -0.113. The smallest absolute Gasteiger partial charge is 0.0664 e. The fourth-order valence-electron chi connectivity index (χ4n) is 3.03. The Hall–Kier alpha value is -0.120. The summed E-state index contributed by atoms with van der Waals surface area (Å²) in [5, 5.41) is 3.64. The van der Waals surface area contributed by atoms with Crippen LogP contribution in [0.15, 0.2) is 0 Å². The SMILES string of the molecule is N[C@@H]1CCCC[C@H]1NC1(N)CCCCC1. The largest absolute Gasteiger partial charge is 0.326 e. The monoisotopic (exact) mass is 211 g/mol. The molecule has 0 spiro atoms. The van der Waals surface area contributed by atoms with Crippen LogP contribution in [-0.4, -0.2) is 17.7 Å². The Morgan fingerprint density at radius 1 is 0.933 bits per heavy atom. The van der Waals surface area contributed by atoms with Crippen molar-refractivity contribution in [2.24, 2.45) is 11.5 Å². The molecular formula is C12H25N3. The Labute approximate surface area is 93.0 Å². The number of nitrogens with two attached hydrogens (primary N) is 2. The molecule has 0 unspecified atom stereocenters. The summed E-state index contributed by atoms with van der Waals surface area (Å²) >= 11 is 0. The molecule has 0 bridgehead atoms. The first-order valence-electron chi connectivity index (χ1n) is 6.52. The third-order valence-corrected chi connectivity index (χ3v) is 4.04. The lowest BCUT2D eigenvalue weighted by molar-refractivity contribution is 0.181. The fourth-order valence-corrected chi connectivity index (χ4v) is 3.03. The van der Waals surface area contributed by atoms with E-state index in [1.807, 2.05) is 0 Å². The maximum atomic E-state index is 6.39. The zero-order valence-corrected chi connectivity index (χ0v) is 9.67. The van der Waals surface area contributed by atoms with Gasteiger partial charge in [0.15, 0.2) is 0 Å². The summed E-state index contributed by atoms with van der Waals surface area (Å²) < 4.78 is 0. The summed E-state index contributed by atoms with van der Waals surface area (Å²) in [5.41, 5.74) is 12.4. The quantitative estimate of drug-likeness (QED) is 0.606. The van der Waals surface area contributed by atoms with E-state index in [0.717, 1.165) is 19.3 Å². The topological polar surface area (TPSA) is 64.1 Å². The van der Waals surface area contributed by atoms with Gasteiger partial charge >= 0.3 is 0 Å². The maximum absolute atomic E-state index is 6.39. The summed E-state index contributed by atoms with van der Waals surface area (Å²) in [4.78, 5) is 0. The van der Waals surface area contributed by atoms with Crippen molar-refractivity contribution in [1.82, 2.24) is 5.32 Å². The van der Waals surface area contributed by atoms with Crippen molar-refractivity contribution in [3.8, 4) is 0 Å². The second kappa shape index (κ2) is 4.81. The van der Waals surface area contributed by atoms with Gasteiger partial charge in [-0.15, -0.1) is 0 Å². The van der Waals surface area contributed by atoms with Gasteiger partial charge in [0.1, 0.15) is 0 Å².